The first kappa shape index (κ1) is 17.9. The van der Waals surface area contributed by atoms with Crippen molar-refractivity contribution in [3.05, 3.63) is 71.2 Å². The SMILES string of the molecule is CCc1cccc(CC)c1NC(=O)c1cc(-c2ccc(F)cc2)n(C)n1. The van der Waals surface area contributed by atoms with Crippen molar-refractivity contribution >= 4 is 11.6 Å². The van der Waals surface area contributed by atoms with Crippen LogP contribution < -0.4 is 5.32 Å². The Morgan fingerprint density at radius 1 is 1.08 bits per heavy atom. The summed E-state index contributed by atoms with van der Waals surface area (Å²) in [7, 11) is 1.77. The molecule has 1 N–H and O–H groups in total. The largest absolute Gasteiger partial charge is 0.320 e. The normalized spacial score (nSPS) is 10.8. The van der Waals surface area contributed by atoms with E-state index in [0.29, 0.717) is 5.69 Å². The van der Waals surface area contributed by atoms with E-state index in [9.17, 15) is 9.18 Å². The Bertz CT molecular complexity index is 907. The van der Waals surface area contributed by atoms with Crippen LogP contribution in [0.25, 0.3) is 11.3 Å². The number of aryl methyl sites for hydroxylation is 3. The molecule has 3 rings (SSSR count). The number of hydrogen-bond donors (Lipinski definition) is 1. The summed E-state index contributed by atoms with van der Waals surface area (Å²) in [6, 6.07) is 13.9. The topological polar surface area (TPSA) is 46.9 Å². The highest BCUT2D eigenvalue weighted by Crippen LogP contribution is 2.24. The lowest BCUT2D eigenvalue weighted by molar-refractivity contribution is 0.102. The zero-order chi connectivity index (χ0) is 18.7. The number of nitrogens with zero attached hydrogens (tertiary/aromatic N) is 2. The van der Waals surface area contributed by atoms with Gasteiger partial charge in [-0.15, -0.1) is 0 Å². The molecule has 0 aliphatic rings. The van der Waals surface area contributed by atoms with Crippen molar-refractivity contribution in [1.29, 1.82) is 0 Å². The maximum atomic E-state index is 13.1. The molecule has 0 radical (unpaired) electrons. The molecule has 1 amide bonds. The van der Waals surface area contributed by atoms with Crippen LogP contribution in [0.3, 0.4) is 0 Å². The maximum Gasteiger partial charge on any atom is 0.276 e. The fraction of sp³-hybridized carbons (Fsp3) is 0.238. The molecular formula is C21H22FN3O. The van der Waals surface area contributed by atoms with Crippen molar-refractivity contribution in [2.75, 3.05) is 5.32 Å². The Morgan fingerprint density at radius 3 is 2.27 bits per heavy atom. The monoisotopic (exact) mass is 351 g/mol. The molecule has 4 nitrogen and oxygen atoms in total. The lowest BCUT2D eigenvalue weighted by atomic mass is 10.0. The van der Waals surface area contributed by atoms with Crippen LogP contribution in [0.4, 0.5) is 10.1 Å². The molecule has 26 heavy (non-hydrogen) atoms. The first-order valence-corrected chi connectivity index (χ1v) is 8.75. The minimum atomic E-state index is -0.294. The Kier molecular flexibility index (Phi) is 5.16. The number of carbonyl (C=O) groups is 1. The molecule has 0 unspecified atom stereocenters. The Labute approximate surface area is 152 Å². The summed E-state index contributed by atoms with van der Waals surface area (Å²) in [4.78, 5) is 12.8. The van der Waals surface area contributed by atoms with Gasteiger partial charge in [-0.1, -0.05) is 32.0 Å². The van der Waals surface area contributed by atoms with Gasteiger partial charge in [0.1, 0.15) is 5.82 Å². The highest BCUT2D eigenvalue weighted by Gasteiger charge is 2.16. The van der Waals surface area contributed by atoms with Crippen LogP contribution in [0.1, 0.15) is 35.5 Å². The summed E-state index contributed by atoms with van der Waals surface area (Å²) in [5, 5.41) is 7.35. The molecule has 2 aromatic carbocycles. The zero-order valence-corrected chi connectivity index (χ0v) is 15.2. The van der Waals surface area contributed by atoms with Gasteiger partial charge in [0.2, 0.25) is 0 Å². The number of rotatable bonds is 5. The first-order valence-electron chi connectivity index (χ1n) is 8.75. The first-order chi connectivity index (χ1) is 12.5. The van der Waals surface area contributed by atoms with Crippen LogP contribution in [-0.2, 0) is 19.9 Å². The summed E-state index contributed by atoms with van der Waals surface area (Å²) >= 11 is 0. The van der Waals surface area contributed by atoms with Crippen molar-refractivity contribution in [2.24, 2.45) is 7.05 Å². The summed E-state index contributed by atoms with van der Waals surface area (Å²) in [5.74, 6) is -0.540. The van der Waals surface area contributed by atoms with Gasteiger partial charge in [-0.05, 0) is 59.9 Å². The molecule has 3 aromatic rings. The minimum Gasteiger partial charge on any atom is -0.320 e. The molecule has 0 atom stereocenters. The third kappa shape index (κ3) is 3.52. The van der Waals surface area contributed by atoms with Crippen molar-refractivity contribution in [1.82, 2.24) is 9.78 Å². The third-order valence-corrected chi connectivity index (χ3v) is 4.49. The number of hydrogen-bond acceptors (Lipinski definition) is 2. The molecule has 1 heterocycles. The second-order valence-electron chi connectivity index (χ2n) is 6.16. The summed E-state index contributed by atoms with van der Waals surface area (Å²) in [5.41, 5.74) is 4.98. The predicted molar refractivity (Wildman–Crippen MR) is 102 cm³/mol. The van der Waals surface area contributed by atoms with E-state index in [2.05, 4.69) is 24.3 Å². The number of halogens is 1. The molecule has 5 heteroatoms. The van der Waals surface area contributed by atoms with Gasteiger partial charge in [-0.2, -0.15) is 5.10 Å². The Balaban J connectivity index is 1.90. The Hall–Kier alpha value is -2.95. The van der Waals surface area contributed by atoms with Gasteiger partial charge in [-0.25, -0.2) is 4.39 Å². The van der Waals surface area contributed by atoms with E-state index >= 15 is 0 Å². The quantitative estimate of drug-likeness (QED) is 0.730. The van der Waals surface area contributed by atoms with Gasteiger partial charge < -0.3 is 5.32 Å². The fourth-order valence-electron chi connectivity index (χ4n) is 3.05. The molecule has 0 aliphatic heterocycles. The van der Waals surface area contributed by atoms with Crippen molar-refractivity contribution in [3.63, 3.8) is 0 Å². The van der Waals surface area contributed by atoms with E-state index in [0.717, 1.165) is 40.9 Å². The molecular weight excluding hydrogens is 329 g/mol. The van der Waals surface area contributed by atoms with E-state index in [1.165, 1.54) is 12.1 Å². The predicted octanol–water partition coefficient (Wildman–Crippen LogP) is 4.60. The number of para-hydroxylation sites is 1. The highest BCUT2D eigenvalue weighted by atomic mass is 19.1. The van der Waals surface area contributed by atoms with E-state index < -0.39 is 0 Å². The lowest BCUT2D eigenvalue weighted by Gasteiger charge is -2.13. The van der Waals surface area contributed by atoms with E-state index in [1.54, 1.807) is 29.9 Å². The number of amides is 1. The summed E-state index contributed by atoms with van der Waals surface area (Å²) < 4.78 is 14.8. The fourth-order valence-corrected chi connectivity index (χ4v) is 3.05. The average Bonchev–Trinajstić information content (AvgIpc) is 3.04. The van der Waals surface area contributed by atoms with Crippen molar-refractivity contribution < 1.29 is 9.18 Å². The zero-order valence-electron chi connectivity index (χ0n) is 15.2. The van der Waals surface area contributed by atoms with Crippen LogP contribution in [-0.4, -0.2) is 15.7 Å². The number of carbonyl (C=O) groups excluding carboxylic acids is 1. The summed E-state index contributed by atoms with van der Waals surface area (Å²) in [6.45, 7) is 4.13. The molecule has 0 fully saturated rings. The molecule has 0 spiro atoms. The van der Waals surface area contributed by atoms with Crippen LogP contribution in [0.2, 0.25) is 0 Å². The van der Waals surface area contributed by atoms with Crippen LogP contribution in [0.5, 0.6) is 0 Å². The second kappa shape index (κ2) is 7.52. The molecule has 0 saturated heterocycles. The van der Waals surface area contributed by atoms with Crippen LogP contribution in [0, 0.1) is 5.82 Å². The lowest BCUT2D eigenvalue weighted by Crippen LogP contribution is -2.15. The standard InChI is InChI=1S/C21H22FN3O/c1-4-14-7-6-8-15(5-2)20(14)23-21(26)18-13-19(25(3)24-18)16-9-11-17(22)12-10-16/h6-13H,4-5H2,1-3H3,(H,23,26). The number of nitrogens with one attached hydrogen (secondary N) is 1. The number of benzene rings is 2. The third-order valence-electron chi connectivity index (χ3n) is 4.49. The number of aromatic nitrogens is 2. The molecule has 0 aliphatic carbocycles. The van der Waals surface area contributed by atoms with E-state index in [4.69, 9.17) is 0 Å². The van der Waals surface area contributed by atoms with Crippen molar-refractivity contribution in [2.45, 2.75) is 26.7 Å². The highest BCUT2D eigenvalue weighted by molar-refractivity contribution is 6.04. The molecule has 134 valence electrons. The van der Waals surface area contributed by atoms with Gasteiger partial charge >= 0.3 is 0 Å². The average molecular weight is 351 g/mol. The van der Waals surface area contributed by atoms with Gasteiger partial charge in [0.25, 0.3) is 5.91 Å². The molecule has 1 aromatic heterocycles. The van der Waals surface area contributed by atoms with Gasteiger partial charge in [-0.3, -0.25) is 9.48 Å². The van der Waals surface area contributed by atoms with Gasteiger partial charge in [0.05, 0.1) is 5.69 Å². The molecule has 0 saturated carbocycles. The smallest absolute Gasteiger partial charge is 0.276 e. The Morgan fingerprint density at radius 2 is 1.69 bits per heavy atom. The minimum absolute atomic E-state index is 0.246. The van der Waals surface area contributed by atoms with E-state index in [-0.39, 0.29) is 11.7 Å². The van der Waals surface area contributed by atoms with Crippen LogP contribution in [0.15, 0.2) is 48.5 Å². The number of anilines is 1. The second-order valence-corrected chi connectivity index (χ2v) is 6.16. The van der Waals surface area contributed by atoms with E-state index in [1.807, 2.05) is 18.2 Å². The summed E-state index contributed by atoms with van der Waals surface area (Å²) in [6.07, 6.45) is 1.68. The van der Waals surface area contributed by atoms with Crippen molar-refractivity contribution in [3.8, 4) is 11.3 Å². The maximum absolute atomic E-state index is 13.1. The van der Waals surface area contributed by atoms with Gasteiger partial charge in [0, 0.05) is 12.7 Å². The van der Waals surface area contributed by atoms with Gasteiger partial charge in [0.15, 0.2) is 5.69 Å². The van der Waals surface area contributed by atoms with Crippen LogP contribution >= 0.6 is 0 Å². The molecule has 0 bridgehead atoms.